The van der Waals surface area contributed by atoms with Crippen molar-refractivity contribution in [3.8, 4) is 5.75 Å². The van der Waals surface area contributed by atoms with E-state index >= 15 is 0 Å². The number of carbonyl (C=O) groups excluding carboxylic acids is 2. The van der Waals surface area contributed by atoms with Crippen molar-refractivity contribution in [2.24, 2.45) is 0 Å². The van der Waals surface area contributed by atoms with E-state index in [1.54, 1.807) is 24.3 Å². The van der Waals surface area contributed by atoms with E-state index in [4.69, 9.17) is 9.47 Å². The first-order chi connectivity index (χ1) is 13.8. The van der Waals surface area contributed by atoms with Gasteiger partial charge in [0, 0.05) is 6.08 Å². The highest BCUT2D eigenvalue weighted by molar-refractivity contribution is 5.95. The molecule has 0 saturated heterocycles. The number of anilines is 1. The molecule has 2 aromatic carbocycles. The lowest BCUT2D eigenvalue weighted by Crippen LogP contribution is -2.21. The van der Waals surface area contributed by atoms with Crippen LogP contribution in [-0.4, -0.2) is 25.1 Å². The topological polar surface area (TPSA) is 64.6 Å². The minimum atomic E-state index is -4.57. The maximum absolute atomic E-state index is 12.9. The lowest BCUT2D eigenvalue weighted by molar-refractivity contribution is -0.142. The zero-order chi connectivity index (χ0) is 21.3. The summed E-state index contributed by atoms with van der Waals surface area (Å²) in [6, 6.07) is 11.8. The molecule has 5 nitrogen and oxygen atoms in total. The van der Waals surface area contributed by atoms with Gasteiger partial charge in [-0.25, -0.2) is 4.79 Å². The molecule has 8 heteroatoms. The van der Waals surface area contributed by atoms with Crippen molar-refractivity contribution in [1.29, 1.82) is 0 Å². The molecular weight excluding hydrogens is 387 g/mol. The predicted octanol–water partition coefficient (Wildman–Crippen LogP) is 4.69. The zero-order valence-corrected chi connectivity index (χ0v) is 15.7. The fourth-order valence-electron chi connectivity index (χ4n) is 2.24. The number of benzene rings is 2. The number of carbonyl (C=O) groups is 2. The maximum Gasteiger partial charge on any atom is 0.416 e. The van der Waals surface area contributed by atoms with Crippen LogP contribution in [0.3, 0.4) is 0 Å². The van der Waals surface area contributed by atoms with Crippen LogP contribution in [0.1, 0.15) is 24.5 Å². The molecule has 0 atom stereocenters. The van der Waals surface area contributed by atoms with Gasteiger partial charge in [0.1, 0.15) is 5.75 Å². The van der Waals surface area contributed by atoms with Gasteiger partial charge in [0.05, 0.1) is 17.9 Å². The van der Waals surface area contributed by atoms with Crippen molar-refractivity contribution in [3.63, 3.8) is 0 Å². The molecule has 0 fully saturated rings. The minimum absolute atomic E-state index is 0.100. The first kappa shape index (κ1) is 22.0. The van der Waals surface area contributed by atoms with E-state index in [2.05, 4.69) is 5.32 Å². The van der Waals surface area contributed by atoms with Crippen molar-refractivity contribution in [2.75, 3.05) is 18.5 Å². The zero-order valence-electron chi connectivity index (χ0n) is 15.7. The molecule has 0 heterocycles. The predicted molar refractivity (Wildman–Crippen MR) is 102 cm³/mol. The summed E-state index contributed by atoms with van der Waals surface area (Å²) < 4.78 is 49.0. The lowest BCUT2D eigenvalue weighted by atomic mass is 10.1. The van der Waals surface area contributed by atoms with Crippen LogP contribution >= 0.6 is 0 Å². The third-order valence-corrected chi connectivity index (χ3v) is 3.60. The highest BCUT2D eigenvalue weighted by atomic mass is 19.4. The standard InChI is InChI=1S/C21H20F3NO4/c1-2-12-28-18-10-9-16(21(22,23)24)13-17(18)25-19(26)14-29-20(27)11-8-15-6-4-3-5-7-15/h3-11,13H,2,12,14H2,1H3,(H,25,26)/b11-8+. The summed E-state index contributed by atoms with van der Waals surface area (Å²) in [6.07, 6.45) is -1.26. The van der Waals surface area contributed by atoms with Gasteiger partial charge >= 0.3 is 12.1 Å². The normalized spacial score (nSPS) is 11.3. The molecule has 1 N–H and O–H groups in total. The molecule has 0 aliphatic rings. The van der Waals surface area contributed by atoms with Crippen LogP contribution in [-0.2, 0) is 20.5 Å². The Morgan fingerprint density at radius 1 is 1.10 bits per heavy atom. The molecule has 1 amide bonds. The molecule has 0 aliphatic carbocycles. The highest BCUT2D eigenvalue weighted by Crippen LogP contribution is 2.35. The molecule has 0 spiro atoms. The van der Waals surface area contributed by atoms with Gasteiger partial charge in [-0.3, -0.25) is 4.79 Å². The quantitative estimate of drug-likeness (QED) is 0.509. The van der Waals surface area contributed by atoms with Crippen molar-refractivity contribution >= 4 is 23.6 Å². The van der Waals surface area contributed by atoms with Crippen molar-refractivity contribution < 1.29 is 32.2 Å². The van der Waals surface area contributed by atoms with Crippen molar-refractivity contribution in [2.45, 2.75) is 19.5 Å². The first-order valence-corrected chi connectivity index (χ1v) is 8.83. The van der Waals surface area contributed by atoms with E-state index in [-0.39, 0.29) is 18.0 Å². The van der Waals surface area contributed by atoms with Gasteiger partial charge in [-0.15, -0.1) is 0 Å². The van der Waals surface area contributed by atoms with E-state index < -0.39 is 30.2 Å². The number of hydrogen-bond donors (Lipinski definition) is 1. The van der Waals surface area contributed by atoms with E-state index in [0.717, 1.165) is 29.8 Å². The lowest BCUT2D eigenvalue weighted by Gasteiger charge is -2.15. The van der Waals surface area contributed by atoms with Crippen LogP contribution in [0.5, 0.6) is 5.75 Å². The number of rotatable bonds is 8. The molecule has 0 unspecified atom stereocenters. The third-order valence-electron chi connectivity index (χ3n) is 3.60. The summed E-state index contributed by atoms with van der Waals surface area (Å²) in [7, 11) is 0. The van der Waals surface area contributed by atoms with Crippen LogP contribution in [0.4, 0.5) is 18.9 Å². The Hall–Kier alpha value is -3.29. The average molecular weight is 407 g/mol. The summed E-state index contributed by atoms with van der Waals surface area (Å²) in [4.78, 5) is 23.7. The summed E-state index contributed by atoms with van der Waals surface area (Å²) in [5.74, 6) is -1.44. The monoisotopic (exact) mass is 407 g/mol. The number of ether oxygens (including phenoxy) is 2. The Balaban J connectivity index is 1.99. The molecular formula is C21H20F3NO4. The second-order valence-corrected chi connectivity index (χ2v) is 5.96. The van der Waals surface area contributed by atoms with Gasteiger partial charge in [0.15, 0.2) is 6.61 Å². The van der Waals surface area contributed by atoms with Crippen molar-refractivity contribution in [3.05, 3.63) is 65.7 Å². The van der Waals surface area contributed by atoms with E-state index in [1.807, 2.05) is 13.0 Å². The number of alkyl halides is 3. The number of halogens is 3. The summed E-state index contributed by atoms with van der Waals surface area (Å²) >= 11 is 0. The second kappa shape index (κ2) is 10.3. The van der Waals surface area contributed by atoms with Crippen LogP contribution in [0, 0.1) is 0 Å². The fourth-order valence-corrected chi connectivity index (χ4v) is 2.24. The van der Waals surface area contributed by atoms with Crippen LogP contribution in [0.2, 0.25) is 0 Å². The molecule has 0 bridgehead atoms. The summed E-state index contributed by atoms with van der Waals surface area (Å²) in [6.45, 7) is 1.46. The Kier molecular flexibility index (Phi) is 7.82. The van der Waals surface area contributed by atoms with Gasteiger partial charge in [0.25, 0.3) is 5.91 Å². The van der Waals surface area contributed by atoms with Gasteiger partial charge in [0.2, 0.25) is 0 Å². The second-order valence-electron chi connectivity index (χ2n) is 5.96. The third kappa shape index (κ3) is 7.33. The molecule has 29 heavy (non-hydrogen) atoms. The molecule has 2 rings (SSSR count). The molecule has 0 aromatic heterocycles. The number of nitrogens with one attached hydrogen (secondary N) is 1. The molecule has 154 valence electrons. The van der Waals surface area contributed by atoms with Gasteiger partial charge in [-0.1, -0.05) is 37.3 Å². The maximum atomic E-state index is 12.9. The Labute approximate surface area is 166 Å². The SMILES string of the molecule is CCCOc1ccc(C(F)(F)F)cc1NC(=O)COC(=O)/C=C/c1ccccc1. The molecule has 0 aliphatic heterocycles. The molecule has 2 aromatic rings. The minimum Gasteiger partial charge on any atom is -0.491 e. The van der Waals surface area contributed by atoms with Crippen LogP contribution < -0.4 is 10.1 Å². The smallest absolute Gasteiger partial charge is 0.416 e. The Morgan fingerprint density at radius 2 is 1.83 bits per heavy atom. The Morgan fingerprint density at radius 3 is 2.48 bits per heavy atom. The number of amides is 1. The van der Waals surface area contributed by atoms with E-state index in [1.165, 1.54) is 6.08 Å². The first-order valence-electron chi connectivity index (χ1n) is 8.83. The van der Waals surface area contributed by atoms with E-state index in [9.17, 15) is 22.8 Å². The largest absolute Gasteiger partial charge is 0.491 e. The van der Waals surface area contributed by atoms with Crippen molar-refractivity contribution in [1.82, 2.24) is 0 Å². The number of esters is 1. The average Bonchev–Trinajstić information content (AvgIpc) is 2.69. The summed E-state index contributed by atoms with van der Waals surface area (Å²) in [5, 5.41) is 2.30. The van der Waals surface area contributed by atoms with Gasteiger partial charge < -0.3 is 14.8 Å². The number of hydrogen-bond acceptors (Lipinski definition) is 4. The van der Waals surface area contributed by atoms with Gasteiger partial charge in [-0.2, -0.15) is 13.2 Å². The molecule has 0 radical (unpaired) electrons. The Bertz CT molecular complexity index is 864. The van der Waals surface area contributed by atoms with Crippen LogP contribution in [0.15, 0.2) is 54.6 Å². The van der Waals surface area contributed by atoms with Gasteiger partial charge in [-0.05, 0) is 36.3 Å². The van der Waals surface area contributed by atoms with Crippen LogP contribution in [0.25, 0.3) is 6.08 Å². The highest BCUT2D eigenvalue weighted by Gasteiger charge is 2.31. The fraction of sp³-hybridized carbons (Fsp3) is 0.238. The molecule has 0 saturated carbocycles. The summed E-state index contributed by atoms with van der Waals surface area (Å²) in [5.41, 5.74) is -0.302. The van der Waals surface area contributed by atoms with E-state index in [0.29, 0.717) is 6.42 Å².